The van der Waals surface area contributed by atoms with Gasteiger partial charge in [0.25, 0.3) is 0 Å². The molecule has 0 bridgehead atoms. The molecule has 21 heavy (non-hydrogen) atoms. The van der Waals surface area contributed by atoms with Crippen molar-refractivity contribution < 1.29 is 4.79 Å². The van der Waals surface area contributed by atoms with Gasteiger partial charge < -0.3 is 10.6 Å². The van der Waals surface area contributed by atoms with Gasteiger partial charge in [0.2, 0.25) is 5.91 Å². The number of anilines is 1. The molecule has 1 fully saturated rings. The lowest BCUT2D eigenvalue weighted by molar-refractivity contribution is -0.119. The fraction of sp³-hybridized carbons (Fsp3) is 0.588. The highest BCUT2D eigenvalue weighted by atomic mass is 16.1. The SMILES string of the molecule is CCN(CC)Cc1cccc(NC(=O)C2CCNC2C)c1. The van der Waals surface area contributed by atoms with Crippen molar-refractivity contribution in [3.63, 3.8) is 0 Å². The minimum absolute atomic E-state index is 0.0800. The van der Waals surface area contributed by atoms with E-state index in [-0.39, 0.29) is 17.9 Å². The summed E-state index contributed by atoms with van der Waals surface area (Å²) in [5, 5.41) is 6.39. The van der Waals surface area contributed by atoms with E-state index in [1.54, 1.807) is 0 Å². The van der Waals surface area contributed by atoms with Crippen molar-refractivity contribution >= 4 is 11.6 Å². The maximum Gasteiger partial charge on any atom is 0.229 e. The Morgan fingerprint density at radius 1 is 1.38 bits per heavy atom. The van der Waals surface area contributed by atoms with Gasteiger partial charge >= 0.3 is 0 Å². The third kappa shape index (κ3) is 4.29. The van der Waals surface area contributed by atoms with Gasteiger partial charge in [-0.2, -0.15) is 0 Å². The van der Waals surface area contributed by atoms with Gasteiger partial charge in [0.1, 0.15) is 0 Å². The van der Waals surface area contributed by atoms with E-state index in [4.69, 9.17) is 0 Å². The Hall–Kier alpha value is -1.39. The van der Waals surface area contributed by atoms with E-state index in [9.17, 15) is 4.79 Å². The van der Waals surface area contributed by atoms with Crippen LogP contribution >= 0.6 is 0 Å². The van der Waals surface area contributed by atoms with Crippen LogP contribution in [0.4, 0.5) is 5.69 Å². The summed E-state index contributed by atoms with van der Waals surface area (Å²) < 4.78 is 0. The van der Waals surface area contributed by atoms with Crippen LogP contribution in [-0.4, -0.2) is 36.5 Å². The zero-order chi connectivity index (χ0) is 15.2. The molecular weight excluding hydrogens is 262 g/mol. The predicted molar refractivity (Wildman–Crippen MR) is 87.3 cm³/mol. The monoisotopic (exact) mass is 289 g/mol. The molecule has 0 saturated carbocycles. The van der Waals surface area contributed by atoms with Crippen LogP contribution in [0.2, 0.25) is 0 Å². The van der Waals surface area contributed by atoms with Gasteiger partial charge in [-0.05, 0) is 50.7 Å². The van der Waals surface area contributed by atoms with Crippen LogP contribution < -0.4 is 10.6 Å². The number of benzene rings is 1. The highest BCUT2D eigenvalue weighted by Crippen LogP contribution is 2.19. The standard InChI is InChI=1S/C17H27N3O/c1-4-20(5-2)12-14-7-6-8-15(11-14)19-17(21)16-9-10-18-13(16)3/h6-8,11,13,16,18H,4-5,9-10,12H2,1-3H3,(H,19,21). The van der Waals surface area contributed by atoms with Crippen molar-refractivity contribution in [3.8, 4) is 0 Å². The molecular formula is C17H27N3O. The molecule has 1 amide bonds. The van der Waals surface area contributed by atoms with E-state index in [2.05, 4.69) is 48.4 Å². The van der Waals surface area contributed by atoms with E-state index >= 15 is 0 Å². The fourth-order valence-corrected chi connectivity index (χ4v) is 2.90. The van der Waals surface area contributed by atoms with Crippen molar-refractivity contribution in [2.24, 2.45) is 5.92 Å². The molecule has 116 valence electrons. The highest BCUT2D eigenvalue weighted by molar-refractivity contribution is 5.93. The Balaban J connectivity index is 1.99. The molecule has 4 nitrogen and oxygen atoms in total. The largest absolute Gasteiger partial charge is 0.326 e. The number of carbonyl (C=O) groups excluding carboxylic acids is 1. The molecule has 0 spiro atoms. The third-order valence-electron chi connectivity index (χ3n) is 4.36. The number of amides is 1. The molecule has 1 aliphatic rings. The second kappa shape index (κ2) is 7.57. The molecule has 1 aliphatic heterocycles. The maximum absolute atomic E-state index is 12.3. The summed E-state index contributed by atoms with van der Waals surface area (Å²) in [6.07, 6.45) is 0.923. The van der Waals surface area contributed by atoms with Crippen LogP contribution in [0.5, 0.6) is 0 Å². The minimum atomic E-state index is 0.0800. The van der Waals surface area contributed by atoms with E-state index in [0.717, 1.165) is 38.3 Å². The zero-order valence-electron chi connectivity index (χ0n) is 13.4. The molecule has 2 rings (SSSR count). The summed E-state index contributed by atoms with van der Waals surface area (Å²) in [7, 11) is 0. The van der Waals surface area contributed by atoms with Crippen molar-refractivity contribution in [2.75, 3.05) is 25.0 Å². The molecule has 2 N–H and O–H groups in total. The third-order valence-corrected chi connectivity index (χ3v) is 4.36. The van der Waals surface area contributed by atoms with Gasteiger partial charge in [0.05, 0.1) is 5.92 Å². The molecule has 1 aromatic rings. The van der Waals surface area contributed by atoms with E-state index < -0.39 is 0 Å². The molecule has 2 atom stereocenters. The lowest BCUT2D eigenvalue weighted by Crippen LogP contribution is -2.32. The first-order chi connectivity index (χ1) is 10.1. The number of hydrogen-bond donors (Lipinski definition) is 2. The summed E-state index contributed by atoms with van der Waals surface area (Å²) in [4.78, 5) is 14.7. The average Bonchev–Trinajstić information content (AvgIpc) is 2.91. The summed E-state index contributed by atoms with van der Waals surface area (Å²) in [5.41, 5.74) is 2.15. The van der Waals surface area contributed by atoms with E-state index in [0.29, 0.717) is 0 Å². The fourth-order valence-electron chi connectivity index (χ4n) is 2.90. The summed E-state index contributed by atoms with van der Waals surface area (Å²) in [5.74, 6) is 0.212. The number of rotatable bonds is 6. The van der Waals surface area contributed by atoms with Gasteiger partial charge in [-0.3, -0.25) is 9.69 Å². The molecule has 1 aromatic carbocycles. The number of carbonyl (C=O) groups is 1. The van der Waals surface area contributed by atoms with Gasteiger partial charge in [-0.15, -0.1) is 0 Å². The van der Waals surface area contributed by atoms with Gasteiger partial charge in [-0.1, -0.05) is 26.0 Å². The Morgan fingerprint density at radius 2 is 2.14 bits per heavy atom. The molecule has 2 unspecified atom stereocenters. The molecule has 4 heteroatoms. The van der Waals surface area contributed by atoms with E-state index in [1.165, 1.54) is 5.56 Å². The second-order valence-corrected chi connectivity index (χ2v) is 5.79. The van der Waals surface area contributed by atoms with Crippen molar-refractivity contribution in [1.29, 1.82) is 0 Å². The first-order valence-corrected chi connectivity index (χ1v) is 7.99. The predicted octanol–water partition coefficient (Wildman–Crippen LogP) is 2.46. The number of nitrogens with one attached hydrogen (secondary N) is 2. The van der Waals surface area contributed by atoms with Crippen LogP contribution in [0.15, 0.2) is 24.3 Å². The molecule has 0 aromatic heterocycles. The van der Waals surface area contributed by atoms with Gasteiger partial charge in [0, 0.05) is 18.3 Å². The van der Waals surface area contributed by atoms with Gasteiger partial charge in [-0.25, -0.2) is 0 Å². The van der Waals surface area contributed by atoms with Crippen molar-refractivity contribution in [3.05, 3.63) is 29.8 Å². The van der Waals surface area contributed by atoms with Crippen molar-refractivity contribution in [1.82, 2.24) is 10.2 Å². The van der Waals surface area contributed by atoms with Crippen LogP contribution in [0.25, 0.3) is 0 Å². The normalized spacial score (nSPS) is 21.7. The topological polar surface area (TPSA) is 44.4 Å². The Morgan fingerprint density at radius 3 is 2.76 bits per heavy atom. The van der Waals surface area contributed by atoms with Crippen LogP contribution in [0, 0.1) is 5.92 Å². The maximum atomic E-state index is 12.3. The lowest BCUT2D eigenvalue weighted by Gasteiger charge is -2.19. The lowest BCUT2D eigenvalue weighted by atomic mass is 10.0. The molecule has 0 radical (unpaired) electrons. The second-order valence-electron chi connectivity index (χ2n) is 5.79. The molecule has 0 aliphatic carbocycles. The first-order valence-electron chi connectivity index (χ1n) is 7.99. The molecule has 1 saturated heterocycles. The van der Waals surface area contributed by atoms with E-state index in [1.807, 2.05) is 12.1 Å². The van der Waals surface area contributed by atoms with Crippen LogP contribution in [0.1, 0.15) is 32.8 Å². The number of nitrogens with zero attached hydrogens (tertiary/aromatic N) is 1. The Bertz CT molecular complexity index is 471. The summed E-state index contributed by atoms with van der Waals surface area (Å²) in [6.45, 7) is 10.4. The zero-order valence-corrected chi connectivity index (χ0v) is 13.4. The minimum Gasteiger partial charge on any atom is -0.326 e. The summed E-state index contributed by atoms with van der Waals surface area (Å²) >= 11 is 0. The Labute approximate surface area is 127 Å². The Kier molecular flexibility index (Phi) is 5.76. The average molecular weight is 289 g/mol. The summed E-state index contributed by atoms with van der Waals surface area (Å²) in [6, 6.07) is 8.46. The number of hydrogen-bond acceptors (Lipinski definition) is 3. The van der Waals surface area contributed by atoms with Crippen LogP contribution in [0.3, 0.4) is 0 Å². The quantitative estimate of drug-likeness (QED) is 0.845. The highest BCUT2D eigenvalue weighted by Gasteiger charge is 2.29. The van der Waals surface area contributed by atoms with Crippen LogP contribution in [-0.2, 0) is 11.3 Å². The first kappa shape index (κ1) is 16.0. The smallest absolute Gasteiger partial charge is 0.229 e. The van der Waals surface area contributed by atoms with Gasteiger partial charge in [0.15, 0.2) is 0 Å². The van der Waals surface area contributed by atoms with Crippen molar-refractivity contribution in [2.45, 2.75) is 39.8 Å². The molecule has 1 heterocycles.